The van der Waals surface area contributed by atoms with E-state index in [4.69, 9.17) is 4.74 Å². The highest BCUT2D eigenvalue weighted by molar-refractivity contribution is 5.81. The Hall–Kier alpha value is -1.55. The number of ether oxygens (including phenoxy) is 1. The highest BCUT2D eigenvalue weighted by atomic mass is 16.5. The molecule has 0 saturated carbocycles. The number of aryl methyl sites for hydroxylation is 2. The summed E-state index contributed by atoms with van der Waals surface area (Å²) in [7, 11) is 0. The van der Waals surface area contributed by atoms with Crippen LogP contribution in [-0.4, -0.2) is 43.1 Å². The molecule has 1 N–H and O–H groups in total. The summed E-state index contributed by atoms with van der Waals surface area (Å²) in [4.78, 5) is 15.1. The first-order valence-corrected chi connectivity index (χ1v) is 11.0. The van der Waals surface area contributed by atoms with Crippen molar-refractivity contribution in [3.63, 3.8) is 0 Å². The molecule has 150 valence electrons. The maximum absolute atomic E-state index is 12.5. The van der Waals surface area contributed by atoms with E-state index in [2.05, 4.69) is 22.3 Å². The van der Waals surface area contributed by atoms with E-state index < -0.39 is 6.10 Å². The first kappa shape index (κ1) is 20.2. The van der Waals surface area contributed by atoms with Crippen molar-refractivity contribution in [2.24, 2.45) is 0 Å². The zero-order chi connectivity index (χ0) is 18.9. The molecular formula is C23H36N2O2. The highest BCUT2D eigenvalue weighted by Crippen LogP contribution is 2.26. The van der Waals surface area contributed by atoms with Gasteiger partial charge in [-0.15, -0.1) is 0 Å². The Morgan fingerprint density at radius 1 is 1.07 bits per heavy atom. The molecule has 1 amide bonds. The molecule has 1 aromatic rings. The van der Waals surface area contributed by atoms with E-state index in [0.717, 1.165) is 31.7 Å². The summed E-state index contributed by atoms with van der Waals surface area (Å²) in [6.45, 7) is 6.27. The number of hydrogen-bond donors (Lipinski definition) is 1. The zero-order valence-electron chi connectivity index (χ0n) is 17.0. The van der Waals surface area contributed by atoms with Crippen molar-refractivity contribution < 1.29 is 9.53 Å². The number of likely N-dealkylation sites (tertiary alicyclic amines) is 1. The second kappa shape index (κ2) is 10.7. The van der Waals surface area contributed by atoms with Crippen molar-refractivity contribution in [2.75, 3.05) is 26.2 Å². The van der Waals surface area contributed by atoms with E-state index >= 15 is 0 Å². The van der Waals surface area contributed by atoms with Crippen LogP contribution in [0, 0.1) is 0 Å². The summed E-state index contributed by atoms with van der Waals surface area (Å²) in [5.74, 6) is 0.855. The predicted molar refractivity (Wildman–Crippen MR) is 110 cm³/mol. The van der Waals surface area contributed by atoms with Gasteiger partial charge < -0.3 is 15.0 Å². The maximum atomic E-state index is 12.5. The summed E-state index contributed by atoms with van der Waals surface area (Å²) in [5, 5.41) is 3.08. The van der Waals surface area contributed by atoms with Crippen LogP contribution in [0.2, 0.25) is 0 Å². The Bertz CT molecular complexity index is 594. The number of benzene rings is 1. The number of fused-ring (bicyclic) bond motifs is 1. The molecule has 1 fully saturated rings. The van der Waals surface area contributed by atoms with Crippen LogP contribution in [0.4, 0.5) is 0 Å². The standard InChI is InChI=1S/C23H36N2O2/c1-2-22(27-21-13-12-19-10-5-6-11-20(19)18-21)23(26)24-14-9-17-25-15-7-3-4-8-16-25/h12-13,18,22H,2-11,14-17H2,1H3,(H,24,26)/t22-/m0/s1. The monoisotopic (exact) mass is 372 g/mol. The smallest absolute Gasteiger partial charge is 0.261 e. The van der Waals surface area contributed by atoms with E-state index in [9.17, 15) is 4.79 Å². The van der Waals surface area contributed by atoms with Crippen LogP contribution in [0.25, 0.3) is 0 Å². The summed E-state index contributed by atoms with van der Waals surface area (Å²) in [6, 6.07) is 6.35. The van der Waals surface area contributed by atoms with Gasteiger partial charge in [0, 0.05) is 6.54 Å². The van der Waals surface area contributed by atoms with Crippen molar-refractivity contribution >= 4 is 5.91 Å². The maximum Gasteiger partial charge on any atom is 0.261 e. The highest BCUT2D eigenvalue weighted by Gasteiger charge is 2.19. The first-order chi connectivity index (χ1) is 13.3. The Labute approximate surface area is 164 Å². The lowest BCUT2D eigenvalue weighted by Crippen LogP contribution is -2.39. The fourth-order valence-electron chi connectivity index (χ4n) is 4.26. The molecule has 1 aliphatic carbocycles. The van der Waals surface area contributed by atoms with Crippen LogP contribution in [0.15, 0.2) is 18.2 Å². The predicted octanol–water partition coefficient (Wildman–Crippen LogP) is 4.11. The number of carbonyl (C=O) groups is 1. The summed E-state index contributed by atoms with van der Waals surface area (Å²) in [5.41, 5.74) is 2.84. The molecule has 1 aliphatic heterocycles. The van der Waals surface area contributed by atoms with Crippen LogP contribution in [0.3, 0.4) is 0 Å². The number of nitrogens with zero attached hydrogens (tertiary/aromatic N) is 1. The molecule has 3 rings (SSSR count). The van der Waals surface area contributed by atoms with Gasteiger partial charge in [0.25, 0.3) is 5.91 Å². The second-order valence-electron chi connectivity index (χ2n) is 8.05. The molecule has 1 saturated heterocycles. The third-order valence-electron chi connectivity index (χ3n) is 5.91. The van der Waals surface area contributed by atoms with Gasteiger partial charge in [-0.3, -0.25) is 4.79 Å². The van der Waals surface area contributed by atoms with E-state index in [1.807, 2.05) is 13.0 Å². The molecule has 1 aromatic carbocycles. The fourth-order valence-corrected chi connectivity index (χ4v) is 4.26. The lowest BCUT2D eigenvalue weighted by molar-refractivity contribution is -0.128. The molecule has 0 bridgehead atoms. The molecule has 0 radical (unpaired) electrons. The Kier molecular flexibility index (Phi) is 8.00. The first-order valence-electron chi connectivity index (χ1n) is 11.0. The molecule has 0 spiro atoms. The fraction of sp³-hybridized carbons (Fsp3) is 0.696. The molecule has 1 heterocycles. The summed E-state index contributed by atoms with van der Waals surface area (Å²) < 4.78 is 6.03. The second-order valence-corrected chi connectivity index (χ2v) is 8.05. The number of rotatable bonds is 8. The van der Waals surface area contributed by atoms with Crippen LogP contribution in [-0.2, 0) is 17.6 Å². The largest absolute Gasteiger partial charge is 0.481 e. The van der Waals surface area contributed by atoms with Crippen LogP contribution in [0.5, 0.6) is 5.75 Å². The SMILES string of the molecule is CC[C@H](Oc1ccc2c(c1)CCCC2)C(=O)NCCCN1CCCCCC1. The zero-order valence-corrected chi connectivity index (χ0v) is 17.0. The minimum Gasteiger partial charge on any atom is -0.481 e. The van der Waals surface area contributed by atoms with Gasteiger partial charge in [-0.1, -0.05) is 25.8 Å². The van der Waals surface area contributed by atoms with Gasteiger partial charge in [0.15, 0.2) is 6.10 Å². The van der Waals surface area contributed by atoms with Gasteiger partial charge >= 0.3 is 0 Å². The minimum atomic E-state index is -0.398. The molecule has 0 unspecified atom stereocenters. The quantitative estimate of drug-likeness (QED) is 0.699. The summed E-state index contributed by atoms with van der Waals surface area (Å²) in [6.07, 6.45) is 11.5. The number of nitrogens with one attached hydrogen (secondary N) is 1. The molecule has 4 heteroatoms. The average Bonchev–Trinajstić information content (AvgIpc) is 2.98. The van der Waals surface area contributed by atoms with Gasteiger partial charge in [0.05, 0.1) is 0 Å². The van der Waals surface area contributed by atoms with Gasteiger partial charge in [-0.2, -0.15) is 0 Å². The van der Waals surface area contributed by atoms with Gasteiger partial charge in [0.2, 0.25) is 0 Å². The third kappa shape index (κ3) is 6.24. The Morgan fingerprint density at radius 3 is 2.56 bits per heavy atom. The van der Waals surface area contributed by atoms with Crippen molar-refractivity contribution in [3.8, 4) is 5.75 Å². The molecular weight excluding hydrogens is 336 g/mol. The van der Waals surface area contributed by atoms with Crippen LogP contribution in [0.1, 0.15) is 69.4 Å². The van der Waals surface area contributed by atoms with Crippen molar-refractivity contribution in [3.05, 3.63) is 29.3 Å². The Balaban J connectivity index is 1.42. The molecule has 1 atom stereocenters. The van der Waals surface area contributed by atoms with Crippen molar-refractivity contribution in [1.82, 2.24) is 10.2 Å². The number of amides is 1. The normalized spacial score (nSPS) is 19.0. The minimum absolute atomic E-state index is 0.0195. The number of hydrogen-bond acceptors (Lipinski definition) is 3. The summed E-state index contributed by atoms with van der Waals surface area (Å²) >= 11 is 0. The van der Waals surface area contributed by atoms with Crippen molar-refractivity contribution in [1.29, 1.82) is 0 Å². The van der Waals surface area contributed by atoms with E-state index in [1.54, 1.807) is 0 Å². The average molecular weight is 373 g/mol. The molecule has 4 nitrogen and oxygen atoms in total. The van der Waals surface area contributed by atoms with E-state index in [0.29, 0.717) is 6.42 Å². The van der Waals surface area contributed by atoms with E-state index in [1.165, 1.54) is 69.2 Å². The topological polar surface area (TPSA) is 41.6 Å². The Morgan fingerprint density at radius 2 is 1.81 bits per heavy atom. The van der Waals surface area contributed by atoms with Crippen LogP contribution < -0.4 is 10.1 Å². The third-order valence-corrected chi connectivity index (χ3v) is 5.91. The van der Waals surface area contributed by atoms with Gasteiger partial charge in [0.1, 0.15) is 5.75 Å². The van der Waals surface area contributed by atoms with Gasteiger partial charge in [-0.05, 0) is 94.3 Å². The van der Waals surface area contributed by atoms with Crippen molar-refractivity contribution in [2.45, 2.75) is 77.2 Å². The van der Waals surface area contributed by atoms with Gasteiger partial charge in [-0.25, -0.2) is 0 Å². The molecule has 0 aromatic heterocycles. The lowest BCUT2D eigenvalue weighted by Gasteiger charge is -2.21. The van der Waals surface area contributed by atoms with Crippen LogP contribution >= 0.6 is 0 Å². The van der Waals surface area contributed by atoms with E-state index in [-0.39, 0.29) is 5.91 Å². The lowest BCUT2D eigenvalue weighted by atomic mass is 9.92. The molecule has 2 aliphatic rings. The molecule has 27 heavy (non-hydrogen) atoms. The number of carbonyl (C=O) groups excluding carboxylic acids is 1.